The molecule has 3 aliphatic heterocycles. The Bertz CT molecular complexity index is 579. The number of nitrogens with zero attached hydrogens (tertiary/aromatic N) is 4. The molecule has 4 N–H and O–H groups in total. The third-order valence-corrected chi connectivity index (χ3v) is 3.35. The molecule has 0 bridgehead atoms. The van der Waals surface area contributed by atoms with Crippen molar-refractivity contribution in [2.45, 2.75) is 24.4 Å². The van der Waals surface area contributed by atoms with Crippen LogP contribution >= 0.6 is 0 Å². The number of rotatable bonds is 2. The van der Waals surface area contributed by atoms with E-state index < -0.39 is 31.0 Å². The molecular formula is C11H12N4O5. The smallest absolute Gasteiger partial charge is 0.220 e. The van der Waals surface area contributed by atoms with Gasteiger partial charge in [0.1, 0.15) is 42.2 Å². The Morgan fingerprint density at radius 2 is 2.00 bits per heavy atom. The van der Waals surface area contributed by atoms with Gasteiger partial charge in [0.05, 0.1) is 6.61 Å². The number of ether oxygens (including phenoxy) is 1. The summed E-state index contributed by atoms with van der Waals surface area (Å²) < 4.78 is 5.42. The summed E-state index contributed by atoms with van der Waals surface area (Å²) in [5.74, 6) is 0.00740. The van der Waals surface area contributed by atoms with Crippen LogP contribution in [0.5, 0.6) is 0 Å². The molecule has 1 fully saturated rings. The van der Waals surface area contributed by atoms with Crippen LogP contribution in [0.1, 0.15) is 0 Å². The lowest BCUT2D eigenvalue weighted by Crippen LogP contribution is -2.37. The quantitative estimate of drug-likeness (QED) is 0.345. The molecule has 1 saturated heterocycles. The average Bonchev–Trinajstić information content (AvgIpc) is 3.01. The molecule has 3 heterocycles. The van der Waals surface area contributed by atoms with Crippen molar-refractivity contribution in [3.63, 3.8) is 0 Å². The van der Waals surface area contributed by atoms with Crippen LogP contribution in [0.15, 0.2) is 31.9 Å². The predicted octanol–water partition coefficient (Wildman–Crippen LogP) is -1.92. The predicted molar refractivity (Wildman–Crippen MR) is 68.4 cm³/mol. The SMILES string of the molecule is OC[C@H]1O[C@@H](C2=CN=C3C(=NO)N=CN=C23)[C@H](O)[C@@H]1O. The molecule has 0 aromatic heterocycles. The Balaban J connectivity index is 1.88. The fraction of sp³-hybridized carbons (Fsp3) is 0.455. The minimum Gasteiger partial charge on any atom is -0.409 e. The van der Waals surface area contributed by atoms with E-state index in [0.717, 1.165) is 0 Å². The van der Waals surface area contributed by atoms with Gasteiger partial charge in [0.15, 0.2) is 0 Å². The standard InChI is InChI=1S/C11H12N4O5/c16-2-5-8(17)9(18)10(20-5)4-1-12-7-6(4)13-3-14-11(7)15-19/h1,3,5,8-10,16-19H,2H2/t5-,8-,9-,10+/m1/s1. The minimum absolute atomic E-state index is 0.00740. The zero-order valence-corrected chi connectivity index (χ0v) is 10.2. The van der Waals surface area contributed by atoms with Crippen LogP contribution in [0.25, 0.3) is 0 Å². The Kier molecular flexibility index (Phi) is 3.18. The molecule has 0 saturated carbocycles. The molecule has 9 nitrogen and oxygen atoms in total. The van der Waals surface area contributed by atoms with Gasteiger partial charge >= 0.3 is 0 Å². The number of hydrogen-bond acceptors (Lipinski definition) is 8. The lowest BCUT2D eigenvalue weighted by molar-refractivity contribution is -0.0130. The van der Waals surface area contributed by atoms with Crippen molar-refractivity contribution in [1.82, 2.24) is 0 Å². The molecule has 0 aliphatic carbocycles. The van der Waals surface area contributed by atoms with Gasteiger partial charge in [0, 0.05) is 11.8 Å². The van der Waals surface area contributed by atoms with Crippen LogP contribution in [0.4, 0.5) is 0 Å². The van der Waals surface area contributed by atoms with Crippen molar-refractivity contribution in [2.75, 3.05) is 6.61 Å². The lowest BCUT2D eigenvalue weighted by Gasteiger charge is -2.17. The Labute approximate surface area is 113 Å². The molecule has 0 spiro atoms. The molecule has 0 aromatic rings. The Hall–Kier alpha value is -1.94. The first-order chi connectivity index (χ1) is 9.67. The second-order valence-electron chi connectivity index (χ2n) is 4.47. The Morgan fingerprint density at radius 3 is 2.65 bits per heavy atom. The van der Waals surface area contributed by atoms with E-state index in [1.54, 1.807) is 0 Å². The number of hydrogen-bond donors (Lipinski definition) is 4. The van der Waals surface area contributed by atoms with Gasteiger partial charge in [-0.1, -0.05) is 5.16 Å². The van der Waals surface area contributed by atoms with E-state index in [-0.39, 0.29) is 11.5 Å². The number of fused-ring (bicyclic) bond motifs is 1. The first kappa shape index (κ1) is 13.1. The van der Waals surface area contributed by atoms with Crippen LogP contribution in [-0.4, -0.2) is 75.1 Å². The summed E-state index contributed by atoms with van der Waals surface area (Å²) in [5.41, 5.74) is 1.07. The summed E-state index contributed by atoms with van der Waals surface area (Å²) in [6.07, 6.45) is -1.53. The largest absolute Gasteiger partial charge is 0.409 e. The highest BCUT2D eigenvalue weighted by Gasteiger charge is 2.46. The summed E-state index contributed by atoms with van der Waals surface area (Å²) in [4.78, 5) is 11.8. The van der Waals surface area contributed by atoms with Crippen molar-refractivity contribution >= 4 is 23.6 Å². The van der Waals surface area contributed by atoms with E-state index in [1.165, 1.54) is 12.5 Å². The Morgan fingerprint density at radius 1 is 1.20 bits per heavy atom. The normalized spacial score (nSPS) is 37.8. The highest BCUT2D eigenvalue weighted by atomic mass is 16.6. The van der Waals surface area contributed by atoms with Gasteiger partial charge in [-0.2, -0.15) is 0 Å². The maximum Gasteiger partial charge on any atom is 0.220 e. The van der Waals surface area contributed by atoms with Gasteiger partial charge in [-0.3, -0.25) is 0 Å². The third-order valence-electron chi connectivity index (χ3n) is 3.35. The van der Waals surface area contributed by atoms with Crippen LogP contribution in [-0.2, 0) is 4.74 Å². The molecule has 0 radical (unpaired) electrons. The van der Waals surface area contributed by atoms with Crippen LogP contribution in [0.3, 0.4) is 0 Å². The molecule has 0 aromatic carbocycles. The van der Waals surface area contributed by atoms with Gasteiger partial charge in [-0.05, 0) is 0 Å². The van der Waals surface area contributed by atoms with Crippen molar-refractivity contribution < 1.29 is 25.3 Å². The van der Waals surface area contributed by atoms with E-state index in [0.29, 0.717) is 11.3 Å². The summed E-state index contributed by atoms with van der Waals surface area (Å²) in [7, 11) is 0. The lowest BCUT2D eigenvalue weighted by atomic mass is 9.97. The fourth-order valence-electron chi connectivity index (χ4n) is 2.33. The number of aliphatic hydroxyl groups is 3. The summed E-state index contributed by atoms with van der Waals surface area (Å²) in [6, 6.07) is 0. The second kappa shape index (κ2) is 4.87. The van der Waals surface area contributed by atoms with Gasteiger partial charge in [0.2, 0.25) is 5.84 Å². The van der Waals surface area contributed by atoms with E-state index >= 15 is 0 Å². The van der Waals surface area contributed by atoms with Crippen molar-refractivity contribution in [1.29, 1.82) is 0 Å². The van der Waals surface area contributed by atoms with Gasteiger partial charge in [0.25, 0.3) is 0 Å². The molecular weight excluding hydrogens is 268 g/mol. The number of amidine groups is 1. The van der Waals surface area contributed by atoms with Gasteiger partial charge < -0.3 is 25.3 Å². The number of oxime groups is 1. The molecule has 106 valence electrons. The van der Waals surface area contributed by atoms with E-state index in [1.807, 2.05) is 0 Å². The van der Waals surface area contributed by atoms with E-state index in [4.69, 9.17) is 15.1 Å². The first-order valence-electron chi connectivity index (χ1n) is 5.91. The highest BCUT2D eigenvalue weighted by molar-refractivity contribution is 6.74. The van der Waals surface area contributed by atoms with Crippen molar-refractivity contribution in [3.05, 3.63) is 11.8 Å². The zero-order chi connectivity index (χ0) is 14.3. The molecule has 9 heteroatoms. The molecule has 0 unspecified atom stereocenters. The first-order valence-corrected chi connectivity index (χ1v) is 5.91. The van der Waals surface area contributed by atoms with Crippen molar-refractivity contribution in [3.8, 4) is 0 Å². The fourth-order valence-corrected chi connectivity index (χ4v) is 2.33. The van der Waals surface area contributed by atoms with E-state index in [9.17, 15) is 10.2 Å². The second-order valence-corrected chi connectivity index (χ2v) is 4.47. The van der Waals surface area contributed by atoms with Crippen molar-refractivity contribution in [2.24, 2.45) is 20.1 Å². The molecule has 0 amide bonds. The molecule has 20 heavy (non-hydrogen) atoms. The minimum atomic E-state index is -1.20. The maximum absolute atomic E-state index is 9.99. The average molecular weight is 280 g/mol. The third kappa shape index (κ3) is 1.79. The number of aliphatic hydroxyl groups excluding tert-OH is 3. The number of aliphatic imine (C=N–C) groups is 3. The molecule has 3 rings (SSSR count). The maximum atomic E-state index is 9.99. The van der Waals surface area contributed by atoms with Crippen LogP contribution in [0.2, 0.25) is 0 Å². The summed E-state index contributed by atoms with van der Waals surface area (Å²) in [6.45, 7) is -0.410. The molecule has 4 atom stereocenters. The topological polar surface area (TPSA) is 140 Å². The van der Waals surface area contributed by atoms with Crippen LogP contribution in [0, 0.1) is 0 Å². The van der Waals surface area contributed by atoms with E-state index in [2.05, 4.69) is 20.1 Å². The van der Waals surface area contributed by atoms with Crippen LogP contribution < -0.4 is 0 Å². The molecule has 3 aliphatic rings. The zero-order valence-electron chi connectivity index (χ0n) is 10.2. The highest BCUT2D eigenvalue weighted by Crippen LogP contribution is 2.30. The summed E-state index contributed by atoms with van der Waals surface area (Å²) >= 11 is 0. The summed E-state index contributed by atoms with van der Waals surface area (Å²) in [5, 5.41) is 40.6. The van der Waals surface area contributed by atoms with Gasteiger partial charge in [-0.25, -0.2) is 15.0 Å². The monoisotopic (exact) mass is 280 g/mol. The van der Waals surface area contributed by atoms with Gasteiger partial charge in [-0.15, -0.1) is 0 Å².